The molecule has 0 aliphatic rings. The summed E-state index contributed by atoms with van der Waals surface area (Å²) < 4.78 is 25.7. The Labute approximate surface area is 156 Å². The predicted octanol–water partition coefficient (Wildman–Crippen LogP) is 2.97. The number of phenols is 1. The summed E-state index contributed by atoms with van der Waals surface area (Å²) in [5.74, 6) is -0.0696. The largest absolute Gasteiger partial charge is 0.507 e. The van der Waals surface area contributed by atoms with Crippen LogP contribution in [0, 0.1) is 0 Å². The molecule has 1 rings (SSSR count). The number of nitrogens with two attached hydrogens (primary N) is 1. The van der Waals surface area contributed by atoms with Gasteiger partial charge in [0.1, 0.15) is 5.75 Å². The standard InChI is InChI=1S/C18H31N3O4S/c1-10(2)13-12(26(24,25)21-20-16(19)23)9-11(17(3,4)5)15(22)14(13)18(6,7)8/h9-10,21-22H,1-8H3,(H3,19,20,23). The van der Waals surface area contributed by atoms with Gasteiger partial charge in [-0.2, -0.15) is 0 Å². The van der Waals surface area contributed by atoms with E-state index in [0.717, 1.165) is 0 Å². The highest BCUT2D eigenvalue weighted by Gasteiger charge is 2.34. The number of amides is 2. The fourth-order valence-electron chi connectivity index (χ4n) is 2.96. The van der Waals surface area contributed by atoms with Crippen molar-refractivity contribution in [2.24, 2.45) is 5.73 Å². The van der Waals surface area contributed by atoms with Crippen LogP contribution in [-0.2, 0) is 20.9 Å². The number of rotatable bonds is 4. The number of hydrogen-bond donors (Lipinski definition) is 4. The van der Waals surface area contributed by atoms with Gasteiger partial charge in [0.25, 0.3) is 10.0 Å². The molecule has 0 aliphatic carbocycles. The molecule has 1 aromatic rings. The lowest BCUT2D eigenvalue weighted by Crippen LogP contribution is -2.44. The molecule has 0 unspecified atom stereocenters. The number of benzene rings is 1. The topological polar surface area (TPSA) is 122 Å². The van der Waals surface area contributed by atoms with Crippen LogP contribution < -0.4 is 16.0 Å². The Bertz CT molecular complexity index is 801. The summed E-state index contributed by atoms with van der Waals surface area (Å²) in [5.41, 5.74) is 7.54. The van der Waals surface area contributed by atoms with Crippen molar-refractivity contribution in [2.45, 2.75) is 77.0 Å². The maximum atomic E-state index is 12.9. The van der Waals surface area contributed by atoms with Gasteiger partial charge in [-0.3, -0.25) is 5.43 Å². The average molecular weight is 386 g/mol. The maximum absolute atomic E-state index is 12.9. The zero-order chi connectivity index (χ0) is 20.7. The minimum absolute atomic E-state index is 0.0221. The zero-order valence-corrected chi connectivity index (χ0v) is 17.6. The van der Waals surface area contributed by atoms with Crippen molar-refractivity contribution < 1.29 is 18.3 Å². The summed E-state index contributed by atoms with van der Waals surface area (Å²) in [5, 5.41) is 11.0. The summed E-state index contributed by atoms with van der Waals surface area (Å²) >= 11 is 0. The van der Waals surface area contributed by atoms with Crippen molar-refractivity contribution in [2.75, 3.05) is 0 Å². The lowest BCUT2D eigenvalue weighted by Gasteiger charge is -2.32. The first-order valence-corrected chi connectivity index (χ1v) is 9.96. The van der Waals surface area contributed by atoms with E-state index in [1.54, 1.807) is 0 Å². The quantitative estimate of drug-likeness (QED) is 0.595. The van der Waals surface area contributed by atoms with Gasteiger partial charge in [0.05, 0.1) is 4.90 Å². The van der Waals surface area contributed by atoms with E-state index in [4.69, 9.17) is 5.73 Å². The molecule has 0 aromatic heterocycles. The number of sulfonamides is 1. The number of hydrogen-bond acceptors (Lipinski definition) is 4. The second-order valence-electron chi connectivity index (χ2n) is 8.81. The lowest BCUT2D eigenvalue weighted by molar-refractivity contribution is 0.247. The number of nitrogens with one attached hydrogen (secondary N) is 2. The molecule has 1 aromatic carbocycles. The van der Waals surface area contributed by atoms with Crippen LogP contribution >= 0.6 is 0 Å². The highest BCUT2D eigenvalue weighted by molar-refractivity contribution is 7.89. The molecule has 8 heteroatoms. The van der Waals surface area contributed by atoms with Gasteiger partial charge in [0, 0.05) is 11.1 Å². The highest BCUT2D eigenvalue weighted by Crippen LogP contribution is 2.45. The van der Waals surface area contributed by atoms with E-state index in [1.807, 2.05) is 65.6 Å². The first kappa shape index (κ1) is 22.2. The molecular formula is C18H31N3O4S. The number of hydrazine groups is 1. The molecular weight excluding hydrogens is 354 g/mol. The van der Waals surface area contributed by atoms with Gasteiger partial charge < -0.3 is 10.8 Å². The van der Waals surface area contributed by atoms with Crippen molar-refractivity contribution in [3.8, 4) is 5.75 Å². The summed E-state index contributed by atoms with van der Waals surface area (Å²) in [6.45, 7) is 15.2. The van der Waals surface area contributed by atoms with Crippen LogP contribution in [0.5, 0.6) is 5.75 Å². The molecule has 148 valence electrons. The molecule has 0 heterocycles. The highest BCUT2D eigenvalue weighted by atomic mass is 32.2. The van der Waals surface area contributed by atoms with E-state index < -0.39 is 26.9 Å². The summed E-state index contributed by atoms with van der Waals surface area (Å²) in [6.07, 6.45) is 0. The van der Waals surface area contributed by atoms with Crippen LogP contribution in [0.15, 0.2) is 11.0 Å². The van der Waals surface area contributed by atoms with Crippen molar-refractivity contribution >= 4 is 16.1 Å². The molecule has 0 aliphatic heterocycles. The fourth-order valence-corrected chi connectivity index (χ4v) is 4.21. The van der Waals surface area contributed by atoms with E-state index in [2.05, 4.69) is 0 Å². The van der Waals surface area contributed by atoms with Crippen molar-refractivity contribution in [3.05, 3.63) is 22.8 Å². The number of carbonyl (C=O) groups excluding carboxylic acids is 1. The second kappa shape index (κ2) is 7.08. The molecule has 0 spiro atoms. The maximum Gasteiger partial charge on any atom is 0.327 e. The summed E-state index contributed by atoms with van der Waals surface area (Å²) in [6, 6.07) is 0.468. The zero-order valence-electron chi connectivity index (χ0n) is 16.8. The van der Waals surface area contributed by atoms with Crippen LogP contribution in [0.2, 0.25) is 0 Å². The number of primary amides is 1. The Morgan fingerprint density at radius 2 is 1.62 bits per heavy atom. The third-order valence-electron chi connectivity index (χ3n) is 4.04. The number of urea groups is 1. The smallest absolute Gasteiger partial charge is 0.327 e. The lowest BCUT2D eigenvalue weighted by atomic mass is 9.75. The van der Waals surface area contributed by atoms with E-state index in [0.29, 0.717) is 16.7 Å². The average Bonchev–Trinajstić information content (AvgIpc) is 2.41. The van der Waals surface area contributed by atoms with Gasteiger partial charge in [0.15, 0.2) is 0 Å². The first-order chi connectivity index (χ1) is 11.5. The van der Waals surface area contributed by atoms with Gasteiger partial charge in [-0.15, -0.1) is 4.83 Å². The molecule has 0 radical (unpaired) electrons. The molecule has 0 fully saturated rings. The third-order valence-corrected chi connectivity index (χ3v) is 5.32. The number of aromatic hydroxyl groups is 1. The molecule has 7 nitrogen and oxygen atoms in total. The van der Waals surface area contributed by atoms with Gasteiger partial charge >= 0.3 is 6.03 Å². The molecule has 0 atom stereocenters. The molecule has 0 bridgehead atoms. The van der Waals surface area contributed by atoms with Crippen LogP contribution in [0.3, 0.4) is 0 Å². The van der Waals surface area contributed by atoms with Crippen LogP contribution in [-0.4, -0.2) is 19.6 Å². The SMILES string of the molecule is CC(C)c1c(S(=O)(=O)NNC(N)=O)cc(C(C)(C)C)c(O)c1C(C)(C)C. The molecule has 5 N–H and O–H groups in total. The fraction of sp³-hybridized carbons (Fsp3) is 0.611. The normalized spacial score (nSPS) is 13.1. The van der Waals surface area contributed by atoms with Crippen LogP contribution in [0.1, 0.15) is 78.0 Å². The van der Waals surface area contributed by atoms with Gasteiger partial charge in [0.2, 0.25) is 0 Å². The minimum Gasteiger partial charge on any atom is -0.507 e. The Balaban J connectivity index is 3.98. The molecule has 0 saturated carbocycles. The summed E-state index contributed by atoms with van der Waals surface area (Å²) in [4.78, 5) is 13.0. The Morgan fingerprint density at radius 3 is 1.96 bits per heavy atom. The van der Waals surface area contributed by atoms with E-state index in [-0.39, 0.29) is 16.6 Å². The first-order valence-electron chi connectivity index (χ1n) is 8.48. The van der Waals surface area contributed by atoms with Crippen LogP contribution in [0.4, 0.5) is 4.79 Å². The van der Waals surface area contributed by atoms with E-state index in [9.17, 15) is 18.3 Å². The van der Waals surface area contributed by atoms with Crippen molar-refractivity contribution in [1.82, 2.24) is 10.3 Å². The number of phenolic OH excluding ortho intramolecular Hbond substituents is 1. The minimum atomic E-state index is -4.09. The molecule has 2 amide bonds. The Kier molecular flexibility index (Phi) is 6.05. The van der Waals surface area contributed by atoms with E-state index >= 15 is 0 Å². The monoisotopic (exact) mass is 385 g/mol. The van der Waals surface area contributed by atoms with Gasteiger partial charge in [-0.1, -0.05) is 55.4 Å². The van der Waals surface area contributed by atoms with Crippen molar-refractivity contribution in [3.63, 3.8) is 0 Å². The van der Waals surface area contributed by atoms with E-state index in [1.165, 1.54) is 6.07 Å². The Hall–Kier alpha value is -1.80. The van der Waals surface area contributed by atoms with Gasteiger partial charge in [-0.05, 0) is 28.4 Å². The molecule has 26 heavy (non-hydrogen) atoms. The third kappa shape index (κ3) is 4.67. The predicted molar refractivity (Wildman–Crippen MR) is 103 cm³/mol. The Morgan fingerprint density at radius 1 is 1.12 bits per heavy atom. The molecule has 0 saturated heterocycles. The van der Waals surface area contributed by atoms with Gasteiger partial charge in [-0.25, -0.2) is 13.2 Å². The summed E-state index contributed by atoms with van der Waals surface area (Å²) in [7, 11) is -4.09. The second-order valence-corrected chi connectivity index (χ2v) is 10.5. The van der Waals surface area contributed by atoms with Crippen molar-refractivity contribution in [1.29, 1.82) is 0 Å². The van der Waals surface area contributed by atoms with Crippen LogP contribution in [0.25, 0.3) is 0 Å². The number of carbonyl (C=O) groups is 1.